The van der Waals surface area contributed by atoms with Crippen molar-refractivity contribution in [1.29, 1.82) is 0 Å². The average molecular weight is 348 g/mol. The summed E-state index contributed by atoms with van der Waals surface area (Å²) in [4.78, 5) is 21.7. The summed E-state index contributed by atoms with van der Waals surface area (Å²) in [6, 6.07) is 4.59. The SMILES string of the molecule is CCC(CC)(CN)C(=O)Nc1ccc(N2CCC(N(C)C)CC2)cn1. The number of carbonyl (C=O) groups is 1. The van der Waals surface area contributed by atoms with Crippen molar-refractivity contribution in [2.24, 2.45) is 11.1 Å². The van der Waals surface area contributed by atoms with Gasteiger partial charge in [-0.25, -0.2) is 4.98 Å². The van der Waals surface area contributed by atoms with E-state index in [1.807, 2.05) is 32.2 Å². The Morgan fingerprint density at radius 1 is 1.32 bits per heavy atom. The fourth-order valence-electron chi connectivity index (χ4n) is 3.49. The number of carbonyl (C=O) groups excluding carboxylic acids is 1. The van der Waals surface area contributed by atoms with E-state index in [1.165, 1.54) is 0 Å². The third kappa shape index (κ3) is 4.50. The van der Waals surface area contributed by atoms with Crippen molar-refractivity contribution in [1.82, 2.24) is 9.88 Å². The maximum absolute atomic E-state index is 12.6. The molecule has 0 aromatic carbocycles. The van der Waals surface area contributed by atoms with Crippen molar-refractivity contribution in [2.45, 2.75) is 45.6 Å². The van der Waals surface area contributed by atoms with Gasteiger partial charge in [-0.2, -0.15) is 0 Å². The number of rotatable bonds is 7. The molecule has 1 aliphatic rings. The second kappa shape index (κ2) is 8.63. The normalized spacial score (nSPS) is 16.3. The van der Waals surface area contributed by atoms with Crippen LogP contribution >= 0.6 is 0 Å². The highest BCUT2D eigenvalue weighted by Gasteiger charge is 2.33. The first-order valence-electron chi connectivity index (χ1n) is 9.34. The molecule has 25 heavy (non-hydrogen) atoms. The lowest BCUT2D eigenvalue weighted by atomic mass is 9.81. The van der Waals surface area contributed by atoms with Crippen molar-refractivity contribution in [3.8, 4) is 0 Å². The zero-order valence-electron chi connectivity index (χ0n) is 16.1. The lowest BCUT2D eigenvalue weighted by Gasteiger charge is -2.36. The van der Waals surface area contributed by atoms with E-state index in [0.717, 1.165) is 44.5 Å². The van der Waals surface area contributed by atoms with Gasteiger partial charge in [0.25, 0.3) is 0 Å². The summed E-state index contributed by atoms with van der Waals surface area (Å²) in [7, 11) is 4.29. The second-order valence-electron chi connectivity index (χ2n) is 7.23. The predicted molar refractivity (Wildman–Crippen MR) is 104 cm³/mol. The van der Waals surface area contributed by atoms with Crippen LogP contribution in [0.2, 0.25) is 0 Å². The molecule has 140 valence electrons. The molecule has 1 aromatic heterocycles. The van der Waals surface area contributed by atoms with Crippen LogP contribution in [0.15, 0.2) is 18.3 Å². The lowest BCUT2D eigenvalue weighted by molar-refractivity contribution is -0.125. The highest BCUT2D eigenvalue weighted by atomic mass is 16.2. The zero-order valence-corrected chi connectivity index (χ0v) is 16.1. The molecule has 1 saturated heterocycles. The number of aromatic nitrogens is 1. The van der Waals surface area contributed by atoms with Crippen LogP contribution in [0.4, 0.5) is 11.5 Å². The van der Waals surface area contributed by atoms with Gasteiger partial charge in [0.15, 0.2) is 0 Å². The molecule has 0 bridgehead atoms. The van der Waals surface area contributed by atoms with E-state index >= 15 is 0 Å². The molecule has 2 heterocycles. The Labute approximate surface area is 151 Å². The summed E-state index contributed by atoms with van der Waals surface area (Å²) in [5.74, 6) is 0.559. The number of amides is 1. The molecular weight excluding hydrogens is 314 g/mol. The van der Waals surface area contributed by atoms with Crippen molar-refractivity contribution in [3.05, 3.63) is 18.3 Å². The number of nitrogens with one attached hydrogen (secondary N) is 1. The van der Waals surface area contributed by atoms with Crippen LogP contribution in [-0.2, 0) is 4.79 Å². The van der Waals surface area contributed by atoms with E-state index in [0.29, 0.717) is 18.4 Å². The first-order valence-corrected chi connectivity index (χ1v) is 9.34. The van der Waals surface area contributed by atoms with Gasteiger partial charge in [-0.1, -0.05) is 13.8 Å². The minimum absolute atomic E-state index is 0.0351. The molecule has 2 rings (SSSR count). The largest absolute Gasteiger partial charge is 0.370 e. The van der Waals surface area contributed by atoms with Crippen LogP contribution in [0.25, 0.3) is 0 Å². The minimum atomic E-state index is -0.506. The second-order valence-corrected chi connectivity index (χ2v) is 7.23. The van der Waals surface area contributed by atoms with Gasteiger partial charge < -0.3 is 20.9 Å². The van der Waals surface area contributed by atoms with E-state index < -0.39 is 5.41 Å². The topological polar surface area (TPSA) is 74.5 Å². The molecule has 0 aliphatic carbocycles. The molecule has 1 amide bonds. The van der Waals surface area contributed by atoms with Crippen molar-refractivity contribution >= 4 is 17.4 Å². The first-order chi connectivity index (χ1) is 12.0. The highest BCUT2D eigenvalue weighted by molar-refractivity contribution is 5.94. The summed E-state index contributed by atoms with van der Waals surface area (Å²) in [5.41, 5.74) is 6.46. The van der Waals surface area contributed by atoms with Crippen LogP contribution in [0.5, 0.6) is 0 Å². The molecule has 3 N–H and O–H groups in total. The molecular formula is C19H33N5O. The number of anilines is 2. The Balaban J connectivity index is 1.97. The Morgan fingerprint density at radius 3 is 2.40 bits per heavy atom. The molecule has 0 atom stereocenters. The molecule has 6 heteroatoms. The van der Waals surface area contributed by atoms with Crippen LogP contribution in [0.3, 0.4) is 0 Å². The number of piperidine rings is 1. The number of hydrogen-bond acceptors (Lipinski definition) is 5. The van der Waals surface area contributed by atoms with Crippen molar-refractivity contribution in [2.75, 3.05) is 43.9 Å². The smallest absolute Gasteiger partial charge is 0.233 e. The summed E-state index contributed by atoms with van der Waals surface area (Å²) in [6.07, 6.45) is 5.64. The van der Waals surface area contributed by atoms with Gasteiger partial charge in [-0.3, -0.25) is 4.79 Å². The highest BCUT2D eigenvalue weighted by Crippen LogP contribution is 2.27. The van der Waals surface area contributed by atoms with Gasteiger partial charge in [0.1, 0.15) is 5.82 Å². The molecule has 0 spiro atoms. The fourth-order valence-corrected chi connectivity index (χ4v) is 3.49. The van der Waals surface area contributed by atoms with E-state index in [2.05, 4.69) is 34.2 Å². The first kappa shape index (κ1) is 19.7. The van der Waals surface area contributed by atoms with E-state index in [-0.39, 0.29) is 5.91 Å². The van der Waals surface area contributed by atoms with Gasteiger partial charge in [0.2, 0.25) is 5.91 Å². The average Bonchev–Trinajstić information content (AvgIpc) is 2.64. The minimum Gasteiger partial charge on any atom is -0.370 e. The van der Waals surface area contributed by atoms with Gasteiger partial charge in [-0.05, 0) is 51.9 Å². The molecule has 6 nitrogen and oxygen atoms in total. The van der Waals surface area contributed by atoms with E-state index in [4.69, 9.17) is 5.73 Å². The summed E-state index contributed by atoms with van der Waals surface area (Å²) >= 11 is 0. The molecule has 1 aliphatic heterocycles. The zero-order chi connectivity index (χ0) is 18.4. The maximum Gasteiger partial charge on any atom is 0.233 e. The molecule has 0 radical (unpaired) electrons. The van der Waals surface area contributed by atoms with Crippen LogP contribution in [0.1, 0.15) is 39.5 Å². The van der Waals surface area contributed by atoms with Crippen molar-refractivity contribution < 1.29 is 4.79 Å². The van der Waals surface area contributed by atoms with E-state index in [9.17, 15) is 4.79 Å². The van der Waals surface area contributed by atoms with Crippen LogP contribution in [0, 0.1) is 5.41 Å². The van der Waals surface area contributed by atoms with Gasteiger partial charge >= 0.3 is 0 Å². The Kier molecular flexibility index (Phi) is 6.79. The summed E-state index contributed by atoms with van der Waals surface area (Å²) in [5, 5.41) is 2.93. The summed E-state index contributed by atoms with van der Waals surface area (Å²) < 4.78 is 0. The lowest BCUT2D eigenvalue weighted by Crippen LogP contribution is -2.42. The standard InChI is InChI=1S/C19H33N5O/c1-5-19(6-2,14-20)18(25)22-17-8-7-16(13-21-17)24-11-9-15(10-12-24)23(3)4/h7-8,13,15H,5-6,9-12,14,20H2,1-4H3,(H,21,22,25). The Morgan fingerprint density at radius 2 is 1.96 bits per heavy atom. The van der Waals surface area contributed by atoms with Gasteiger partial charge in [0.05, 0.1) is 17.3 Å². The molecule has 1 fully saturated rings. The van der Waals surface area contributed by atoms with E-state index in [1.54, 1.807) is 0 Å². The quantitative estimate of drug-likeness (QED) is 0.792. The third-order valence-electron chi connectivity index (χ3n) is 5.78. The monoisotopic (exact) mass is 347 g/mol. The molecule has 1 aromatic rings. The Hall–Kier alpha value is -1.66. The van der Waals surface area contributed by atoms with Gasteiger partial charge in [-0.15, -0.1) is 0 Å². The fraction of sp³-hybridized carbons (Fsp3) is 0.684. The third-order valence-corrected chi connectivity index (χ3v) is 5.78. The van der Waals surface area contributed by atoms with Crippen LogP contribution in [-0.4, -0.2) is 55.6 Å². The number of nitrogens with zero attached hydrogens (tertiary/aromatic N) is 3. The maximum atomic E-state index is 12.6. The molecule has 0 unspecified atom stereocenters. The van der Waals surface area contributed by atoms with Crippen molar-refractivity contribution in [3.63, 3.8) is 0 Å². The molecule has 0 saturated carbocycles. The number of nitrogens with two attached hydrogens (primary N) is 1. The van der Waals surface area contributed by atoms with Crippen LogP contribution < -0.4 is 16.0 Å². The predicted octanol–water partition coefficient (Wildman–Crippen LogP) is 2.32. The summed E-state index contributed by atoms with van der Waals surface area (Å²) in [6.45, 7) is 6.44. The van der Waals surface area contributed by atoms with Gasteiger partial charge in [0, 0.05) is 25.7 Å². The number of pyridine rings is 1. The number of hydrogen-bond donors (Lipinski definition) is 2. The Bertz CT molecular complexity index is 537.